The lowest BCUT2D eigenvalue weighted by Gasteiger charge is -2.33. The molecule has 8 heteroatoms. The van der Waals surface area contributed by atoms with Crippen LogP contribution in [0.25, 0.3) is 11.0 Å². The summed E-state index contributed by atoms with van der Waals surface area (Å²) in [6.07, 6.45) is 1.60. The summed E-state index contributed by atoms with van der Waals surface area (Å²) in [4.78, 5) is 34.6. The second-order valence-corrected chi connectivity index (χ2v) is 7.63. The third-order valence-corrected chi connectivity index (χ3v) is 5.61. The van der Waals surface area contributed by atoms with Crippen LogP contribution in [0, 0.1) is 0 Å². The van der Waals surface area contributed by atoms with Crippen molar-refractivity contribution in [2.75, 3.05) is 41.8 Å². The fourth-order valence-electron chi connectivity index (χ4n) is 4.15. The lowest BCUT2D eigenvalue weighted by Crippen LogP contribution is -2.45. The zero-order valence-corrected chi connectivity index (χ0v) is 16.2. The number of ether oxygens (including phenoxy) is 1. The van der Waals surface area contributed by atoms with Crippen LogP contribution in [0.2, 0.25) is 0 Å². The number of hydrogen-bond acceptors (Lipinski definition) is 5. The van der Waals surface area contributed by atoms with Crippen molar-refractivity contribution in [2.24, 2.45) is 0 Å². The van der Waals surface area contributed by atoms with Gasteiger partial charge in [-0.2, -0.15) is 0 Å². The summed E-state index contributed by atoms with van der Waals surface area (Å²) in [7, 11) is 1.95. The molecule has 3 N–H and O–H groups in total. The van der Waals surface area contributed by atoms with E-state index in [9.17, 15) is 9.59 Å². The molecule has 3 heterocycles. The Morgan fingerprint density at radius 2 is 1.83 bits per heavy atom. The molecular weight excluding hydrogens is 370 g/mol. The van der Waals surface area contributed by atoms with E-state index in [-0.39, 0.29) is 11.6 Å². The maximum absolute atomic E-state index is 13.1. The van der Waals surface area contributed by atoms with Crippen LogP contribution < -0.4 is 25.5 Å². The minimum absolute atomic E-state index is 0.205. The SMILES string of the molecule is CN1CC(C(=O)Nc2cc3[nH]c(=O)[nH]c3cc2N2CCCC2)Oc2ccccc21. The summed E-state index contributed by atoms with van der Waals surface area (Å²) in [6, 6.07) is 11.4. The number of carbonyl (C=O) groups is 1. The molecule has 0 saturated carbocycles. The highest BCUT2D eigenvalue weighted by Crippen LogP contribution is 2.34. The number of para-hydroxylation sites is 2. The lowest BCUT2D eigenvalue weighted by molar-refractivity contribution is -0.122. The highest BCUT2D eigenvalue weighted by Gasteiger charge is 2.30. The van der Waals surface area contributed by atoms with E-state index in [1.165, 1.54) is 0 Å². The van der Waals surface area contributed by atoms with Crippen molar-refractivity contribution in [3.63, 3.8) is 0 Å². The molecule has 0 spiro atoms. The summed E-state index contributed by atoms with van der Waals surface area (Å²) in [5.41, 5.74) is 3.72. The third-order valence-electron chi connectivity index (χ3n) is 5.61. The van der Waals surface area contributed by atoms with Crippen molar-refractivity contribution in [1.29, 1.82) is 0 Å². The first-order valence-corrected chi connectivity index (χ1v) is 9.87. The number of anilines is 3. The minimum Gasteiger partial charge on any atom is -0.477 e. The first kappa shape index (κ1) is 17.7. The monoisotopic (exact) mass is 393 g/mol. The van der Waals surface area contributed by atoms with Crippen LogP contribution in [0.5, 0.6) is 5.75 Å². The van der Waals surface area contributed by atoms with E-state index in [1.807, 2.05) is 48.3 Å². The summed E-state index contributed by atoms with van der Waals surface area (Å²) in [6.45, 7) is 2.32. The molecule has 1 fully saturated rings. The normalized spacial score (nSPS) is 18.6. The molecular formula is C21H23N5O3. The summed E-state index contributed by atoms with van der Waals surface area (Å²) < 4.78 is 5.96. The van der Waals surface area contributed by atoms with Crippen LogP contribution in [0.4, 0.5) is 17.1 Å². The Bertz CT molecular complexity index is 1130. The number of aromatic nitrogens is 2. The average Bonchev–Trinajstić information content (AvgIpc) is 3.36. The number of imidazole rings is 1. The molecule has 5 rings (SSSR count). The van der Waals surface area contributed by atoms with Crippen molar-refractivity contribution in [3.8, 4) is 5.75 Å². The quantitative estimate of drug-likeness (QED) is 0.635. The van der Waals surface area contributed by atoms with Crippen LogP contribution in [0.15, 0.2) is 41.2 Å². The van der Waals surface area contributed by atoms with Gasteiger partial charge in [-0.25, -0.2) is 4.79 Å². The molecule has 1 amide bonds. The number of fused-ring (bicyclic) bond motifs is 2. The van der Waals surface area contributed by atoms with Crippen LogP contribution in [-0.4, -0.2) is 48.7 Å². The van der Waals surface area contributed by atoms with Crippen molar-refractivity contribution in [3.05, 3.63) is 46.9 Å². The summed E-state index contributed by atoms with van der Waals surface area (Å²) in [5, 5.41) is 3.04. The van der Waals surface area contributed by atoms with Crippen LogP contribution in [0.3, 0.4) is 0 Å². The molecule has 150 valence electrons. The molecule has 2 aliphatic rings. The zero-order chi connectivity index (χ0) is 20.0. The van der Waals surface area contributed by atoms with Crippen molar-refractivity contribution in [2.45, 2.75) is 18.9 Å². The first-order valence-electron chi connectivity index (χ1n) is 9.87. The number of amides is 1. The Morgan fingerprint density at radius 1 is 1.10 bits per heavy atom. The molecule has 2 aromatic carbocycles. The number of nitrogens with one attached hydrogen (secondary N) is 3. The van der Waals surface area contributed by atoms with Crippen molar-refractivity contribution >= 4 is 34.0 Å². The standard InChI is InChI=1S/C21H23N5O3/c1-25-12-19(29-18-7-3-2-6-16(18)25)20(27)22-15-10-13-14(24-21(28)23-13)11-17(15)26-8-4-5-9-26/h2-3,6-7,10-11,19H,4-5,8-9,12H2,1H3,(H,22,27)(H2,23,24,28). The number of rotatable bonds is 3. The van der Waals surface area contributed by atoms with E-state index in [1.54, 1.807) is 0 Å². The number of hydrogen-bond donors (Lipinski definition) is 3. The van der Waals surface area contributed by atoms with Gasteiger partial charge in [0.2, 0.25) is 0 Å². The van der Waals surface area contributed by atoms with Gasteiger partial charge >= 0.3 is 5.69 Å². The molecule has 29 heavy (non-hydrogen) atoms. The Kier molecular flexibility index (Phi) is 4.19. The fourth-order valence-corrected chi connectivity index (χ4v) is 4.15. The number of aromatic amines is 2. The molecule has 2 aliphatic heterocycles. The van der Waals surface area contributed by atoms with Gasteiger partial charge in [0.25, 0.3) is 5.91 Å². The van der Waals surface area contributed by atoms with Crippen molar-refractivity contribution in [1.82, 2.24) is 9.97 Å². The maximum Gasteiger partial charge on any atom is 0.323 e. The predicted octanol–water partition coefficient (Wildman–Crippen LogP) is 2.29. The Balaban J connectivity index is 1.45. The number of H-pyrrole nitrogens is 2. The number of benzene rings is 2. The Morgan fingerprint density at radius 3 is 2.62 bits per heavy atom. The molecule has 1 unspecified atom stereocenters. The molecule has 1 saturated heterocycles. The number of nitrogens with zero attached hydrogens (tertiary/aromatic N) is 2. The molecule has 1 atom stereocenters. The number of likely N-dealkylation sites (N-methyl/N-ethyl adjacent to an activating group) is 1. The summed E-state index contributed by atoms with van der Waals surface area (Å²) in [5.74, 6) is 0.496. The van der Waals surface area contributed by atoms with Crippen LogP contribution in [-0.2, 0) is 4.79 Å². The predicted molar refractivity (Wildman–Crippen MR) is 113 cm³/mol. The highest BCUT2D eigenvalue weighted by molar-refractivity contribution is 6.01. The van der Waals surface area contributed by atoms with Gasteiger partial charge in [0.05, 0.1) is 34.6 Å². The van der Waals surface area contributed by atoms with Gasteiger partial charge in [0.15, 0.2) is 6.10 Å². The molecule has 0 radical (unpaired) electrons. The highest BCUT2D eigenvalue weighted by atomic mass is 16.5. The minimum atomic E-state index is -0.623. The van der Waals surface area contributed by atoms with E-state index in [0.29, 0.717) is 23.5 Å². The van der Waals surface area contributed by atoms with E-state index in [4.69, 9.17) is 4.74 Å². The second-order valence-electron chi connectivity index (χ2n) is 7.63. The van der Waals surface area contributed by atoms with Crippen molar-refractivity contribution < 1.29 is 9.53 Å². The summed E-state index contributed by atoms with van der Waals surface area (Å²) >= 11 is 0. The van der Waals surface area contributed by atoms with E-state index < -0.39 is 6.10 Å². The lowest BCUT2D eigenvalue weighted by atomic mass is 10.1. The topological polar surface area (TPSA) is 93.5 Å². The average molecular weight is 393 g/mol. The van der Waals surface area contributed by atoms with E-state index in [2.05, 4.69) is 20.2 Å². The molecule has 0 aliphatic carbocycles. The van der Waals surface area contributed by atoms with Gasteiger partial charge in [-0.15, -0.1) is 0 Å². The second kappa shape index (κ2) is 6.88. The molecule has 8 nitrogen and oxygen atoms in total. The maximum atomic E-state index is 13.1. The van der Waals surface area contributed by atoms with Gasteiger partial charge in [0.1, 0.15) is 5.75 Å². The van der Waals surface area contributed by atoms with Gasteiger partial charge in [-0.05, 0) is 37.1 Å². The third kappa shape index (κ3) is 3.20. The Labute approximate surface area is 167 Å². The van der Waals surface area contributed by atoms with Gasteiger partial charge in [-0.3, -0.25) is 4.79 Å². The number of carbonyl (C=O) groups excluding carboxylic acids is 1. The largest absolute Gasteiger partial charge is 0.477 e. The van der Waals surface area contributed by atoms with Gasteiger partial charge < -0.3 is 29.8 Å². The van der Waals surface area contributed by atoms with Gasteiger partial charge in [-0.1, -0.05) is 12.1 Å². The van der Waals surface area contributed by atoms with Crippen LogP contribution in [0.1, 0.15) is 12.8 Å². The van der Waals surface area contributed by atoms with E-state index in [0.717, 1.165) is 42.8 Å². The van der Waals surface area contributed by atoms with E-state index >= 15 is 0 Å². The molecule has 1 aromatic heterocycles. The smallest absolute Gasteiger partial charge is 0.323 e. The molecule has 3 aromatic rings. The molecule has 0 bridgehead atoms. The fraction of sp³-hybridized carbons (Fsp3) is 0.333. The zero-order valence-electron chi connectivity index (χ0n) is 16.2. The Hall–Kier alpha value is -3.42. The van der Waals surface area contributed by atoms with Gasteiger partial charge in [0, 0.05) is 20.1 Å². The van der Waals surface area contributed by atoms with Crippen LogP contribution >= 0.6 is 0 Å². The first-order chi connectivity index (χ1) is 14.1.